The topological polar surface area (TPSA) is 78.4 Å². The minimum atomic E-state index is -1.19. The van der Waals surface area contributed by atoms with Gasteiger partial charge in [0, 0.05) is 5.02 Å². The summed E-state index contributed by atoms with van der Waals surface area (Å²) in [6.07, 6.45) is 0. The zero-order chi connectivity index (χ0) is 15.4. The van der Waals surface area contributed by atoms with Crippen molar-refractivity contribution in [1.82, 2.24) is 0 Å². The largest absolute Gasteiger partial charge is 0.478 e. The summed E-state index contributed by atoms with van der Waals surface area (Å²) in [5, 5.41) is 14.7. The fraction of sp³-hybridized carbons (Fsp3) is 0. The van der Waals surface area contributed by atoms with Crippen LogP contribution in [-0.2, 0) is 0 Å². The van der Waals surface area contributed by atoms with Crippen LogP contribution in [0.2, 0.25) is 10.0 Å². The molecule has 108 valence electrons. The Morgan fingerprint density at radius 1 is 0.952 bits per heavy atom. The number of nitrogens with one attached hydrogen (secondary N) is 2. The molecule has 0 aliphatic rings. The fourth-order valence-corrected chi connectivity index (χ4v) is 2.00. The number of urea groups is 1. The van der Waals surface area contributed by atoms with Crippen molar-refractivity contribution in [3.8, 4) is 0 Å². The van der Waals surface area contributed by atoms with Crippen molar-refractivity contribution < 1.29 is 14.7 Å². The number of carboxylic acid groups (broad SMARTS) is 1. The van der Waals surface area contributed by atoms with E-state index in [1.165, 1.54) is 18.2 Å². The van der Waals surface area contributed by atoms with Crippen LogP contribution in [0, 0.1) is 0 Å². The molecule has 0 heterocycles. The Labute approximate surface area is 130 Å². The first-order chi connectivity index (χ1) is 9.97. The smallest absolute Gasteiger partial charge is 0.337 e. The van der Waals surface area contributed by atoms with Gasteiger partial charge in [-0.25, -0.2) is 9.59 Å². The van der Waals surface area contributed by atoms with E-state index in [0.717, 1.165) is 0 Å². The first-order valence-corrected chi connectivity index (χ1v) is 6.58. The van der Waals surface area contributed by atoms with Gasteiger partial charge in [0.05, 0.1) is 22.0 Å². The van der Waals surface area contributed by atoms with Crippen molar-refractivity contribution in [3.63, 3.8) is 0 Å². The molecule has 0 aliphatic heterocycles. The molecule has 0 aliphatic carbocycles. The van der Waals surface area contributed by atoms with Gasteiger partial charge in [0.15, 0.2) is 0 Å². The normalized spacial score (nSPS) is 10.0. The highest BCUT2D eigenvalue weighted by Crippen LogP contribution is 2.23. The number of carbonyl (C=O) groups excluding carboxylic acids is 1. The van der Waals surface area contributed by atoms with Crippen molar-refractivity contribution in [2.45, 2.75) is 0 Å². The van der Waals surface area contributed by atoms with E-state index >= 15 is 0 Å². The Kier molecular flexibility index (Phi) is 4.67. The predicted molar refractivity (Wildman–Crippen MR) is 82.5 cm³/mol. The fourth-order valence-electron chi connectivity index (χ4n) is 1.64. The first-order valence-electron chi connectivity index (χ1n) is 5.83. The minimum Gasteiger partial charge on any atom is -0.478 e. The minimum absolute atomic E-state index is 0.100. The quantitative estimate of drug-likeness (QED) is 0.785. The van der Waals surface area contributed by atoms with Crippen LogP contribution in [0.25, 0.3) is 0 Å². The van der Waals surface area contributed by atoms with Gasteiger partial charge in [0.25, 0.3) is 0 Å². The molecule has 0 saturated carbocycles. The van der Waals surface area contributed by atoms with E-state index in [2.05, 4.69) is 10.6 Å². The average molecular weight is 325 g/mol. The first kappa shape index (κ1) is 15.2. The molecule has 0 unspecified atom stereocenters. The molecular formula is C14H10Cl2N2O3. The summed E-state index contributed by atoms with van der Waals surface area (Å²) in [7, 11) is 0. The van der Waals surface area contributed by atoms with Crippen molar-refractivity contribution in [2.24, 2.45) is 0 Å². The van der Waals surface area contributed by atoms with Crippen LogP contribution in [-0.4, -0.2) is 17.1 Å². The highest BCUT2D eigenvalue weighted by Gasteiger charge is 2.13. The van der Waals surface area contributed by atoms with E-state index in [1.807, 2.05) is 0 Å². The van der Waals surface area contributed by atoms with Gasteiger partial charge >= 0.3 is 12.0 Å². The number of aromatic carboxylic acids is 1. The van der Waals surface area contributed by atoms with Crippen LogP contribution in [0.4, 0.5) is 16.2 Å². The standard InChI is InChI=1S/C14H10Cl2N2O3/c15-8-5-6-11(9(7-8)13(19)20)17-14(21)18-12-4-2-1-3-10(12)16/h1-7H,(H,19,20)(H2,17,18,21). The molecule has 2 rings (SSSR count). The van der Waals surface area contributed by atoms with Gasteiger partial charge in [-0.1, -0.05) is 35.3 Å². The van der Waals surface area contributed by atoms with E-state index in [4.69, 9.17) is 28.3 Å². The van der Waals surface area contributed by atoms with Gasteiger partial charge in [0.2, 0.25) is 0 Å². The summed E-state index contributed by atoms with van der Waals surface area (Å²) in [5.41, 5.74) is 0.454. The number of hydrogen-bond acceptors (Lipinski definition) is 2. The third kappa shape index (κ3) is 3.87. The Hall–Kier alpha value is -2.24. The van der Waals surface area contributed by atoms with E-state index in [0.29, 0.717) is 10.7 Å². The third-order valence-corrected chi connectivity index (χ3v) is 3.15. The molecule has 3 N–H and O–H groups in total. The summed E-state index contributed by atoms with van der Waals surface area (Å²) in [6, 6.07) is 10.3. The van der Waals surface area contributed by atoms with E-state index < -0.39 is 12.0 Å². The van der Waals surface area contributed by atoms with Gasteiger partial charge in [-0.2, -0.15) is 0 Å². The molecule has 0 radical (unpaired) electrons. The Morgan fingerprint density at radius 2 is 1.62 bits per heavy atom. The number of halogens is 2. The lowest BCUT2D eigenvalue weighted by molar-refractivity contribution is 0.0698. The summed E-state index contributed by atoms with van der Waals surface area (Å²) >= 11 is 11.7. The number of benzene rings is 2. The van der Waals surface area contributed by atoms with Crippen LogP contribution >= 0.6 is 23.2 Å². The molecule has 21 heavy (non-hydrogen) atoms. The Balaban J connectivity index is 2.17. The predicted octanol–water partition coefficient (Wildman–Crippen LogP) is 4.34. The second-order valence-corrected chi connectivity index (χ2v) is 4.90. The van der Waals surface area contributed by atoms with Gasteiger partial charge in [-0.05, 0) is 30.3 Å². The Morgan fingerprint density at radius 3 is 2.29 bits per heavy atom. The number of amides is 2. The zero-order valence-corrected chi connectivity index (χ0v) is 12.1. The molecule has 0 atom stereocenters. The summed E-state index contributed by atoms with van der Waals surface area (Å²) in [6.45, 7) is 0. The molecule has 0 bridgehead atoms. The monoisotopic (exact) mass is 324 g/mol. The van der Waals surface area contributed by atoms with Crippen LogP contribution in [0.5, 0.6) is 0 Å². The number of carboxylic acids is 1. The molecule has 7 heteroatoms. The number of carbonyl (C=O) groups is 2. The maximum atomic E-state index is 11.9. The molecule has 2 aromatic carbocycles. The number of rotatable bonds is 3. The van der Waals surface area contributed by atoms with Crippen molar-refractivity contribution in [2.75, 3.05) is 10.6 Å². The van der Waals surface area contributed by atoms with E-state index in [1.54, 1.807) is 24.3 Å². The Bertz CT molecular complexity index is 704. The summed E-state index contributed by atoms with van der Waals surface area (Å²) < 4.78 is 0. The maximum absolute atomic E-state index is 11.9. The van der Waals surface area contributed by atoms with Crippen molar-refractivity contribution in [1.29, 1.82) is 0 Å². The molecule has 0 aromatic heterocycles. The van der Waals surface area contributed by atoms with E-state index in [-0.39, 0.29) is 16.3 Å². The third-order valence-electron chi connectivity index (χ3n) is 2.58. The lowest BCUT2D eigenvalue weighted by Gasteiger charge is -2.11. The lowest BCUT2D eigenvalue weighted by atomic mass is 10.2. The molecule has 2 aromatic rings. The van der Waals surface area contributed by atoms with Crippen LogP contribution < -0.4 is 10.6 Å². The second kappa shape index (κ2) is 6.47. The number of hydrogen-bond donors (Lipinski definition) is 3. The highest BCUT2D eigenvalue weighted by molar-refractivity contribution is 6.33. The number of para-hydroxylation sites is 1. The molecule has 5 nitrogen and oxygen atoms in total. The lowest BCUT2D eigenvalue weighted by Crippen LogP contribution is -2.21. The van der Waals surface area contributed by atoms with Crippen LogP contribution in [0.15, 0.2) is 42.5 Å². The molecule has 2 amide bonds. The SMILES string of the molecule is O=C(Nc1ccccc1Cl)Nc1ccc(Cl)cc1C(=O)O. The van der Waals surface area contributed by atoms with Crippen LogP contribution in [0.3, 0.4) is 0 Å². The van der Waals surface area contributed by atoms with Crippen molar-refractivity contribution in [3.05, 3.63) is 58.1 Å². The van der Waals surface area contributed by atoms with Gasteiger partial charge in [-0.15, -0.1) is 0 Å². The highest BCUT2D eigenvalue weighted by atomic mass is 35.5. The maximum Gasteiger partial charge on any atom is 0.337 e. The summed E-state index contributed by atoms with van der Waals surface area (Å²) in [4.78, 5) is 23.0. The molecular weight excluding hydrogens is 315 g/mol. The van der Waals surface area contributed by atoms with Crippen molar-refractivity contribution >= 4 is 46.6 Å². The van der Waals surface area contributed by atoms with E-state index in [9.17, 15) is 9.59 Å². The zero-order valence-electron chi connectivity index (χ0n) is 10.6. The molecule has 0 saturated heterocycles. The molecule has 0 spiro atoms. The summed E-state index contributed by atoms with van der Waals surface area (Å²) in [5.74, 6) is -1.19. The second-order valence-electron chi connectivity index (χ2n) is 4.05. The van der Waals surface area contributed by atoms with Gasteiger partial charge in [-0.3, -0.25) is 0 Å². The van der Waals surface area contributed by atoms with Crippen LogP contribution in [0.1, 0.15) is 10.4 Å². The molecule has 0 fully saturated rings. The van der Waals surface area contributed by atoms with Gasteiger partial charge in [0.1, 0.15) is 0 Å². The average Bonchev–Trinajstić information content (AvgIpc) is 2.43. The van der Waals surface area contributed by atoms with Gasteiger partial charge < -0.3 is 15.7 Å². The number of anilines is 2.